The van der Waals surface area contributed by atoms with Crippen LogP contribution in [0.25, 0.3) is 0 Å². The fraction of sp³-hybridized carbons (Fsp3) is 0. The van der Waals surface area contributed by atoms with Gasteiger partial charge in [-0.05, 0) is 30.4 Å². The first kappa shape index (κ1) is 15.5. The summed E-state index contributed by atoms with van der Waals surface area (Å²) >= 11 is 23.7. The second-order valence-electron chi connectivity index (χ2n) is 3.62. The Morgan fingerprint density at radius 2 is 1.85 bits per heavy atom. The number of rotatable bonds is 2. The molecular weight excluding hydrogens is 359 g/mol. The fourth-order valence-corrected chi connectivity index (χ4v) is 2.99. The standard InChI is InChI=1S/C12H7Cl3N2OS2/c13-6-3-1-2-4-8(6)16-12(19)17-11(18)9-5-7(14)10(15)20-9/h1-5H,(H2,16,17,18,19). The number of hydrogen-bond acceptors (Lipinski definition) is 3. The second-order valence-corrected chi connectivity index (χ2v) is 6.50. The Morgan fingerprint density at radius 1 is 1.15 bits per heavy atom. The summed E-state index contributed by atoms with van der Waals surface area (Å²) in [6.07, 6.45) is 0. The van der Waals surface area contributed by atoms with Gasteiger partial charge >= 0.3 is 0 Å². The molecule has 0 saturated heterocycles. The molecule has 0 unspecified atom stereocenters. The molecule has 3 nitrogen and oxygen atoms in total. The number of carbonyl (C=O) groups excluding carboxylic acids is 1. The lowest BCUT2D eigenvalue weighted by Gasteiger charge is -2.09. The number of amides is 1. The van der Waals surface area contributed by atoms with Crippen LogP contribution < -0.4 is 10.6 Å². The van der Waals surface area contributed by atoms with Crippen LogP contribution in [0.5, 0.6) is 0 Å². The maximum absolute atomic E-state index is 11.9. The van der Waals surface area contributed by atoms with Gasteiger partial charge < -0.3 is 5.32 Å². The zero-order valence-electron chi connectivity index (χ0n) is 9.75. The Bertz CT molecular complexity index is 653. The van der Waals surface area contributed by atoms with E-state index in [-0.39, 0.29) is 11.0 Å². The molecule has 104 valence electrons. The highest BCUT2D eigenvalue weighted by Crippen LogP contribution is 2.31. The molecule has 0 fully saturated rings. The van der Waals surface area contributed by atoms with Crippen LogP contribution in [0.15, 0.2) is 30.3 Å². The lowest BCUT2D eigenvalue weighted by atomic mass is 10.3. The molecule has 0 bridgehead atoms. The van der Waals surface area contributed by atoms with Crippen LogP contribution in [-0.2, 0) is 0 Å². The smallest absolute Gasteiger partial charge is 0.267 e. The maximum Gasteiger partial charge on any atom is 0.267 e. The van der Waals surface area contributed by atoms with Crippen molar-refractivity contribution >= 4 is 75.1 Å². The SMILES string of the molecule is O=C(NC(=S)Nc1ccccc1Cl)c1cc(Cl)c(Cl)s1. The quantitative estimate of drug-likeness (QED) is 0.749. The average Bonchev–Trinajstić information content (AvgIpc) is 2.72. The molecule has 0 saturated carbocycles. The predicted molar refractivity (Wildman–Crippen MR) is 89.5 cm³/mol. The van der Waals surface area contributed by atoms with Crippen molar-refractivity contribution in [2.24, 2.45) is 0 Å². The van der Waals surface area contributed by atoms with Crippen molar-refractivity contribution < 1.29 is 4.79 Å². The van der Waals surface area contributed by atoms with E-state index in [4.69, 9.17) is 47.0 Å². The molecule has 0 aliphatic carbocycles. The van der Waals surface area contributed by atoms with Gasteiger partial charge in [-0.15, -0.1) is 11.3 Å². The topological polar surface area (TPSA) is 41.1 Å². The van der Waals surface area contributed by atoms with Crippen molar-refractivity contribution in [3.05, 3.63) is 49.6 Å². The first-order chi connectivity index (χ1) is 9.47. The van der Waals surface area contributed by atoms with Gasteiger partial charge in [-0.1, -0.05) is 46.9 Å². The van der Waals surface area contributed by atoms with Crippen LogP contribution >= 0.6 is 58.4 Å². The van der Waals surface area contributed by atoms with Crippen LogP contribution in [-0.4, -0.2) is 11.0 Å². The van der Waals surface area contributed by atoms with E-state index >= 15 is 0 Å². The van der Waals surface area contributed by atoms with Gasteiger partial charge in [-0.3, -0.25) is 10.1 Å². The van der Waals surface area contributed by atoms with Crippen molar-refractivity contribution in [1.29, 1.82) is 0 Å². The summed E-state index contributed by atoms with van der Waals surface area (Å²) in [4.78, 5) is 12.3. The summed E-state index contributed by atoms with van der Waals surface area (Å²) in [5.41, 5.74) is 0.613. The summed E-state index contributed by atoms with van der Waals surface area (Å²) in [7, 11) is 0. The molecule has 1 heterocycles. The highest BCUT2D eigenvalue weighted by Gasteiger charge is 2.14. The van der Waals surface area contributed by atoms with Crippen molar-refractivity contribution in [3.8, 4) is 0 Å². The molecule has 1 aromatic heterocycles. The highest BCUT2D eigenvalue weighted by atomic mass is 35.5. The monoisotopic (exact) mass is 364 g/mol. The molecule has 2 N–H and O–H groups in total. The van der Waals surface area contributed by atoms with Gasteiger partial charge in [0, 0.05) is 0 Å². The Balaban J connectivity index is 2.01. The van der Waals surface area contributed by atoms with E-state index in [9.17, 15) is 4.79 Å². The van der Waals surface area contributed by atoms with Crippen molar-refractivity contribution in [3.63, 3.8) is 0 Å². The van der Waals surface area contributed by atoms with Crippen LogP contribution in [0.4, 0.5) is 5.69 Å². The average molecular weight is 366 g/mol. The van der Waals surface area contributed by atoms with E-state index in [0.717, 1.165) is 11.3 Å². The minimum absolute atomic E-state index is 0.142. The number of anilines is 1. The van der Waals surface area contributed by atoms with Gasteiger partial charge in [0.15, 0.2) is 5.11 Å². The molecule has 1 aromatic carbocycles. The maximum atomic E-state index is 11.9. The summed E-state index contributed by atoms with van der Waals surface area (Å²) in [5.74, 6) is -0.381. The number of benzene rings is 1. The number of para-hydroxylation sites is 1. The molecule has 8 heteroatoms. The predicted octanol–water partition coefficient (Wildman–Crippen LogP) is 4.84. The van der Waals surface area contributed by atoms with Crippen LogP contribution in [0.2, 0.25) is 14.4 Å². The van der Waals surface area contributed by atoms with E-state index in [0.29, 0.717) is 24.9 Å². The Labute approximate surface area is 139 Å². The number of thiocarbonyl (C=S) groups is 1. The fourth-order valence-electron chi connectivity index (χ4n) is 1.34. The minimum Gasteiger partial charge on any atom is -0.331 e. The summed E-state index contributed by atoms with van der Waals surface area (Å²) in [6, 6.07) is 8.55. The van der Waals surface area contributed by atoms with Gasteiger partial charge in [-0.2, -0.15) is 0 Å². The molecule has 0 atom stereocenters. The zero-order valence-corrected chi connectivity index (χ0v) is 13.6. The number of thiophene rings is 1. The van der Waals surface area contributed by atoms with Gasteiger partial charge in [-0.25, -0.2) is 0 Å². The molecule has 0 aliphatic heterocycles. The Kier molecular flexibility index (Phi) is 5.23. The Hall–Kier alpha value is -0.850. The summed E-state index contributed by atoms with van der Waals surface area (Å²) in [6.45, 7) is 0. The zero-order chi connectivity index (χ0) is 14.7. The number of hydrogen-bond donors (Lipinski definition) is 2. The molecule has 0 aliphatic rings. The third kappa shape index (κ3) is 3.84. The molecule has 1 amide bonds. The van der Waals surface area contributed by atoms with E-state index in [1.165, 1.54) is 6.07 Å². The lowest BCUT2D eigenvalue weighted by Crippen LogP contribution is -2.33. The Morgan fingerprint density at radius 3 is 2.45 bits per heavy atom. The minimum atomic E-state index is -0.381. The lowest BCUT2D eigenvalue weighted by molar-refractivity contribution is 0.0981. The summed E-state index contributed by atoms with van der Waals surface area (Å²) in [5, 5.41) is 6.35. The number of halogens is 3. The normalized spacial score (nSPS) is 10.2. The second kappa shape index (κ2) is 6.74. The molecule has 2 aromatic rings. The van der Waals surface area contributed by atoms with Gasteiger partial charge in [0.2, 0.25) is 0 Å². The van der Waals surface area contributed by atoms with Gasteiger partial charge in [0.1, 0.15) is 4.34 Å². The van der Waals surface area contributed by atoms with Crippen molar-refractivity contribution in [2.75, 3.05) is 5.32 Å². The number of carbonyl (C=O) groups is 1. The molecule has 20 heavy (non-hydrogen) atoms. The molecule has 2 rings (SSSR count). The first-order valence-electron chi connectivity index (χ1n) is 5.29. The van der Waals surface area contributed by atoms with E-state index in [1.54, 1.807) is 24.3 Å². The van der Waals surface area contributed by atoms with Gasteiger partial charge in [0.05, 0.1) is 20.6 Å². The summed E-state index contributed by atoms with van der Waals surface area (Å²) < 4.78 is 0.363. The van der Waals surface area contributed by atoms with Crippen molar-refractivity contribution in [2.45, 2.75) is 0 Å². The number of nitrogens with one attached hydrogen (secondary N) is 2. The molecule has 0 radical (unpaired) electrons. The molecule has 0 spiro atoms. The highest BCUT2D eigenvalue weighted by molar-refractivity contribution is 7.80. The largest absolute Gasteiger partial charge is 0.331 e. The van der Waals surface area contributed by atoms with E-state index in [2.05, 4.69) is 10.6 Å². The van der Waals surface area contributed by atoms with Gasteiger partial charge in [0.25, 0.3) is 5.91 Å². The van der Waals surface area contributed by atoms with Crippen LogP contribution in [0, 0.1) is 0 Å². The van der Waals surface area contributed by atoms with Crippen LogP contribution in [0.3, 0.4) is 0 Å². The molecular formula is C12H7Cl3N2OS2. The van der Waals surface area contributed by atoms with Crippen molar-refractivity contribution in [1.82, 2.24) is 5.32 Å². The third-order valence-electron chi connectivity index (χ3n) is 2.22. The van der Waals surface area contributed by atoms with E-state index in [1.807, 2.05) is 0 Å². The third-order valence-corrected chi connectivity index (χ3v) is 4.62. The van der Waals surface area contributed by atoms with Crippen LogP contribution in [0.1, 0.15) is 9.67 Å². The van der Waals surface area contributed by atoms with E-state index < -0.39 is 0 Å². The first-order valence-corrected chi connectivity index (χ1v) is 7.65.